The first-order valence-corrected chi connectivity index (χ1v) is 9.21. The quantitative estimate of drug-likeness (QED) is 0.830. The van der Waals surface area contributed by atoms with Gasteiger partial charge in [-0.3, -0.25) is 4.79 Å². The first kappa shape index (κ1) is 16.4. The van der Waals surface area contributed by atoms with E-state index in [0.717, 1.165) is 6.42 Å². The van der Waals surface area contributed by atoms with Crippen molar-refractivity contribution < 1.29 is 17.6 Å². The van der Waals surface area contributed by atoms with Gasteiger partial charge in [0.15, 0.2) is 0 Å². The third-order valence-electron chi connectivity index (χ3n) is 4.22. The molecule has 1 aromatic rings. The van der Waals surface area contributed by atoms with Crippen LogP contribution < -0.4 is 14.9 Å². The van der Waals surface area contributed by atoms with Gasteiger partial charge in [-0.15, -0.1) is 0 Å². The van der Waals surface area contributed by atoms with E-state index in [4.69, 9.17) is 0 Å². The number of anilines is 1. The second-order valence-corrected chi connectivity index (χ2v) is 7.70. The number of alkyl halides is 1. The van der Waals surface area contributed by atoms with Crippen LogP contribution in [0.4, 0.5) is 10.1 Å². The van der Waals surface area contributed by atoms with Crippen LogP contribution in [0.3, 0.4) is 0 Å². The minimum absolute atomic E-state index is 0.0619. The highest BCUT2D eigenvalue weighted by Gasteiger charge is 2.26. The van der Waals surface area contributed by atoms with Crippen molar-refractivity contribution in [3.8, 4) is 0 Å². The van der Waals surface area contributed by atoms with Crippen LogP contribution in [0.2, 0.25) is 0 Å². The average Bonchev–Trinajstić information content (AvgIpc) is 3.14. The normalized spacial score (nSPS) is 25.3. The number of nitrogens with zero attached hydrogens (tertiary/aromatic N) is 1. The molecule has 0 saturated carbocycles. The molecule has 126 valence electrons. The van der Waals surface area contributed by atoms with Crippen LogP contribution in [0, 0.1) is 0 Å². The number of hydrogen-bond acceptors (Lipinski definition) is 4. The second-order valence-electron chi connectivity index (χ2n) is 5.93. The summed E-state index contributed by atoms with van der Waals surface area (Å²) in [5.74, 6) is 0.0619. The summed E-state index contributed by atoms with van der Waals surface area (Å²) in [6, 6.07) is 6.08. The standard InChI is InChI=1S/C15H20FN3O3S/c16-11-8-12(17-9-11)10-18-23(21,22)14-5-3-13(4-6-14)19-7-1-2-15(19)20/h3-6,11-12,17-18H,1-2,7-10H2/t11-,12-/m0/s1. The number of sulfonamides is 1. The largest absolute Gasteiger partial charge is 0.312 e. The Hall–Kier alpha value is -1.51. The van der Waals surface area contributed by atoms with Gasteiger partial charge in [-0.05, 0) is 37.1 Å². The lowest BCUT2D eigenvalue weighted by Crippen LogP contribution is -2.37. The number of nitrogens with one attached hydrogen (secondary N) is 2. The molecule has 2 aliphatic rings. The van der Waals surface area contributed by atoms with Crippen molar-refractivity contribution in [2.45, 2.75) is 36.4 Å². The zero-order valence-corrected chi connectivity index (χ0v) is 13.5. The van der Waals surface area contributed by atoms with Gasteiger partial charge in [-0.2, -0.15) is 0 Å². The number of hydrogen-bond donors (Lipinski definition) is 2. The summed E-state index contributed by atoms with van der Waals surface area (Å²) in [4.78, 5) is 13.5. The minimum atomic E-state index is -3.63. The lowest BCUT2D eigenvalue weighted by atomic mass is 10.2. The summed E-state index contributed by atoms with van der Waals surface area (Å²) in [6.07, 6.45) is 0.760. The molecule has 8 heteroatoms. The summed E-state index contributed by atoms with van der Waals surface area (Å²) in [7, 11) is -3.63. The molecule has 2 fully saturated rings. The van der Waals surface area contributed by atoms with Gasteiger partial charge in [0, 0.05) is 37.8 Å². The maximum Gasteiger partial charge on any atom is 0.240 e. The van der Waals surface area contributed by atoms with Gasteiger partial charge in [0.1, 0.15) is 6.17 Å². The number of amides is 1. The van der Waals surface area contributed by atoms with E-state index >= 15 is 0 Å². The van der Waals surface area contributed by atoms with Crippen molar-refractivity contribution >= 4 is 21.6 Å². The Morgan fingerprint density at radius 1 is 1.30 bits per heavy atom. The fourth-order valence-corrected chi connectivity index (χ4v) is 4.03. The Balaban J connectivity index is 1.64. The van der Waals surface area contributed by atoms with Crippen LogP contribution in [0.15, 0.2) is 29.2 Å². The van der Waals surface area contributed by atoms with E-state index in [2.05, 4.69) is 10.0 Å². The van der Waals surface area contributed by atoms with Gasteiger partial charge in [0.25, 0.3) is 0 Å². The molecular weight excluding hydrogens is 321 g/mol. The second kappa shape index (κ2) is 6.54. The molecule has 2 heterocycles. The van der Waals surface area contributed by atoms with Gasteiger partial charge < -0.3 is 10.2 Å². The molecule has 0 aliphatic carbocycles. The number of carbonyl (C=O) groups excluding carboxylic acids is 1. The summed E-state index contributed by atoms with van der Waals surface area (Å²) in [6.45, 7) is 1.10. The van der Waals surface area contributed by atoms with Gasteiger partial charge >= 0.3 is 0 Å². The van der Waals surface area contributed by atoms with Crippen LogP contribution >= 0.6 is 0 Å². The number of rotatable bonds is 5. The smallest absolute Gasteiger partial charge is 0.240 e. The van der Waals surface area contributed by atoms with E-state index in [0.29, 0.717) is 25.1 Å². The van der Waals surface area contributed by atoms with Crippen LogP contribution in [-0.2, 0) is 14.8 Å². The van der Waals surface area contributed by atoms with Crippen molar-refractivity contribution in [1.82, 2.24) is 10.0 Å². The molecule has 2 N–H and O–H groups in total. The molecule has 0 bridgehead atoms. The van der Waals surface area contributed by atoms with E-state index in [-0.39, 0.29) is 29.9 Å². The summed E-state index contributed by atoms with van der Waals surface area (Å²) < 4.78 is 40.1. The van der Waals surface area contributed by atoms with Crippen LogP contribution in [0.25, 0.3) is 0 Å². The summed E-state index contributed by atoms with van der Waals surface area (Å²) in [5.41, 5.74) is 0.712. The molecule has 1 amide bonds. The first-order valence-electron chi connectivity index (χ1n) is 7.73. The Labute approximate surface area is 135 Å². The molecule has 2 atom stereocenters. The highest BCUT2D eigenvalue weighted by molar-refractivity contribution is 7.89. The Bertz CT molecular complexity index is 678. The van der Waals surface area contributed by atoms with E-state index in [1.165, 1.54) is 12.1 Å². The number of halogens is 1. The Morgan fingerprint density at radius 3 is 2.61 bits per heavy atom. The topological polar surface area (TPSA) is 78.5 Å². The van der Waals surface area contributed by atoms with Crippen molar-refractivity contribution in [3.63, 3.8) is 0 Å². The molecule has 0 radical (unpaired) electrons. The lowest BCUT2D eigenvalue weighted by molar-refractivity contribution is -0.117. The number of benzene rings is 1. The first-order chi connectivity index (χ1) is 11.0. The highest BCUT2D eigenvalue weighted by atomic mass is 32.2. The fourth-order valence-electron chi connectivity index (χ4n) is 2.95. The maximum absolute atomic E-state index is 13.1. The summed E-state index contributed by atoms with van der Waals surface area (Å²) >= 11 is 0. The minimum Gasteiger partial charge on any atom is -0.312 e. The monoisotopic (exact) mass is 341 g/mol. The van der Waals surface area contributed by atoms with E-state index in [1.54, 1.807) is 17.0 Å². The molecule has 2 aliphatic heterocycles. The predicted octanol–water partition coefficient (Wildman–Crippen LogP) is 0.792. The molecular formula is C15H20FN3O3S. The molecule has 6 nitrogen and oxygen atoms in total. The average molecular weight is 341 g/mol. The fraction of sp³-hybridized carbons (Fsp3) is 0.533. The molecule has 1 aromatic carbocycles. The zero-order valence-electron chi connectivity index (χ0n) is 12.7. The third-order valence-corrected chi connectivity index (χ3v) is 5.66. The molecule has 0 unspecified atom stereocenters. The van der Waals surface area contributed by atoms with E-state index in [1.807, 2.05) is 0 Å². The van der Waals surface area contributed by atoms with E-state index in [9.17, 15) is 17.6 Å². The van der Waals surface area contributed by atoms with Crippen LogP contribution in [0.1, 0.15) is 19.3 Å². The van der Waals surface area contributed by atoms with Gasteiger partial charge in [0.05, 0.1) is 4.90 Å². The highest BCUT2D eigenvalue weighted by Crippen LogP contribution is 2.23. The molecule has 23 heavy (non-hydrogen) atoms. The van der Waals surface area contributed by atoms with E-state index < -0.39 is 16.2 Å². The van der Waals surface area contributed by atoms with Crippen molar-refractivity contribution in [2.75, 3.05) is 24.5 Å². The predicted molar refractivity (Wildman–Crippen MR) is 84.5 cm³/mol. The third kappa shape index (κ3) is 3.70. The van der Waals surface area contributed by atoms with Gasteiger partial charge in [-0.1, -0.05) is 0 Å². The van der Waals surface area contributed by atoms with Crippen LogP contribution in [0.5, 0.6) is 0 Å². The zero-order chi connectivity index (χ0) is 16.4. The van der Waals surface area contributed by atoms with Crippen molar-refractivity contribution in [2.24, 2.45) is 0 Å². The molecule has 0 aromatic heterocycles. The Morgan fingerprint density at radius 2 is 2.04 bits per heavy atom. The molecule has 2 saturated heterocycles. The van der Waals surface area contributed by atoms with Gasteiger partial charge in [0.2, 0.25) is 15.9 Å². The maximum atomic E-state index is 13.1. The molecule has 3 rings (SSSR count). The summed E-state index contributed by atoms with van der Waals surface area (Å²) in [5, 5.41) is 2.94. The number of carbonyl (C=O) groups is 1. The van der Waals surface area contributed by atoms with Crippen molar-refractivity contribution in [3.05, 3.63) is 24.3 Å². The van der Waals surface area contributed by atoms with Crippen LogP contribution in [-0.4, -0.2) is 46.2 Å². The van der Waals surface area contributed by atoms with Crippen molar-refractivity contribution in [1.29, 1.82) is 0 Å². The Kier molecular flexibility index (Phi) is 4.65. The SMILES string of the molecule is O=C1CCCN1c1ccc(S(=O)(=O)NC[C@@H]2C[C@H](F)CN2)cc1. The molecule has 0 spiro atoms. The van der Waals surface area contributed by atoms with Gasteiger partial charge in [-0.25, -0.2) is 17.5 Å². The lowest BCUT2D eigenvalue weighted by Gasteiger charge is -2.16.